The Bertz CT molecular complexity index is 452. The molecule has 0 radical (unpaired) electrons. The van der Waals surface area contributed by atoms with E-state index in [1.807, 2.05) is 19.1 Å². The zero-order valence-electron chi connectivity index (χ0n) is 10.7. The summed E-state index contributed by atoms with van der Waals surface area (Å²) in [6.07, 6.45) is 1.52. The maximum atomic E-state index is 5.40. The molecule has 2 aromatic rings. The molecule has 0 bridgehead atoms. The van der Waals surface area contributed by atoms with Gasteiger partial charge >= 0.3 is 0 Å². The third-order valence-electron chi connectivity index (χ3n) is 2.69. The van der Waals surface area contributed by atoms with E-state index < -0.39 is 0 Å². The van der Waals surface area contributed by atoms with Crippen molar-refractivity contribution in [3.63, 3.8) is 0 Å². The fourth-order valence-electron chi connectivity index (χ4n) is 1.66. The van der Waals surface area contributed by atoms with Crippen molar-refractivity contribution in [1.29, 1.82) is 0 Å². The zero-order valence-corrected chi connectivity index (χ0v) is 10.7. The zero-order chi connectivity index (χ0) is 12.8. The minimum Gasteiger partial charge on any atom is -0.494 e. The summed E-state index contributed by atoms with van der Waals surface area (Å²) in [5, 5.41) is 10.1. The van der Waals surface area contributed by atoms with Crippen molar-refractivity contribution in [2.24, 2.45) is 0 Å². The highest BCUT2D eigenvalue weighted by Crippen LogP contribution is 2.13. The molecule has 0 aliphatic heterocycles. The van der Waals surface area contributed by atoms with E-state index in [1.165, 1.54) is 11.9 Å². The summed E-state index contributed by atoms with van der Waals surface area (Å²) in [6, 6.07) is 8.24. The summed E-state index contributed by atoms with van der Waals surface area (Å²) >= 11 is 0. The largest absolute Gasteiger partial charge is 0.494 e. The van der Waals surface area contributed by atoms with Gasteiger partial charge in [-0.1, -0.05) is 12.1 Å². The molecule has 1 atom stereocenters. The number of ether oxygens (including phenoxy) is 1. The lowest BCUT2D eigenvalue weighted by Gasteiger charge is -2.11. The number of nitrogens with one attached hydrogen (secondary N) is 2. The lowest BCUT2D eigenvalue weighted by Crippen LogP contribution is -2.19. The molecule has 1 aromatic heterocycles. The summed E-state index contributed by atoms with van der Waals surface area (Å²) in [4.78, 5) is 4.12. The van der Waals surface area contributed by atoms with Crippen molar-refractivity contribution >= 4 is 0 Å². The Balaban J connectivity index is 1.86. The van der Waals surface area contributed by atoms with Crippen LogP contribution in [0.4, 0.5) is 0 Å². The summed E-state index contributed by atoms with van der Waals surface area (Å²) in [5.41, 5.74) is 1.21. The van der Waals surface area contributed by atoms with Gasteiger partial charge in [0.1, 0.15) is 17.9 Å². The summed E-state index contributed by atoms with van der Waals surface area (Å²) in [7, 11) is 0. The number of hydrogen-bond donors (Lipinski definition) is 2. The van der Waals surface area contributed by atoms with Crippen molar-refractivity contribution in [3.8, 4) is 5.75 Å². The minimum absolute atomic E-state index is 0.152. The lowest BCUT2D eigenvalue weighted by atomic mass is 10.2. The van der Waals surface area contributed by atoms with Crippen LogP contribution in [0.3, 0.4) is 0 Å². The minimum atomic E-state index is 0.152. The highest BCUT2D eigenvalue weighted by atomic mass is 16.5. The first-order valence-corrected chi connectivity index (χ1v) is 6.10. The predicted molar refractivity (Wildman–Crippen MR) is 69.2 cm³/mol. The fraction of sp³-hybridized carbons (Fsp3) is 0.385. The number of aromatic amines is 1. The molecule has 0 saturated carbocycles. The van der Waals surface area contributed by atoms with Gasteiger partial charge in [0.2, 0.25) is 0 Å². The molecule has 18 heavy (non-hydrogen) atoms. The van der Waals surface area contributed by atoms with Crippen molar-refractivity contribution in [2.75, 3.05) is 6.61 Å². The Labute approximate surface area is 107 Å². The van der Waals surface area contributed by atoms with E-state index in [-0.39, 0.29) is 6.04 Å². The summed E-state index contributed by atoms with van der Waals surface area (Å²) in [5.74, 6) is 1.76. The smallest absolute Gasteiger partial charge is 0.141 e. The molecule has 0 saturated heterocycles. The van der Waals surface area contributed by atoms with Crippen LogP contribution in [-0.2, 0) is 6.54 Å². The molecule has 2 rings (SSSR count). The molecule has 5 nitrogen and oxygen atoms in total. The Hall–Kier alpha value is -1.88. The van der Waals surface area contributed by atoms with E-state index in [0.29, 0.717) is 6.61 Å². The molecule has 5 heteroatoms. The van der Waals surface area contributed by atoms with Crippen LogP contribution >= 0.6 is 0 Å². The van der Waals surface area contributed by atoms with Crippen molar-refractivity contribution in [2.45, 2.75) is 26.4 Å². The van der Waals surface area contributed by atoms with Crippen LogP contribution in [0.25, 0.3) is 0 Å². The standard InChI is InChI=1S/C13H18N4O/c1-3-18-12-6-4-11(5-7-12)8-14-10(2)13-15-9-16-17-13/h4-7,9-10,14H,3,8H2,1-2H3,(H,15,16,17)/t10-/m0/s1. The first-order valence-electron chi connectivity index (χ1n) is 6.10. The molecule has 96 valence electrons. The monoisotopic (exact) mass is 246 g/mol. The van der Waals surface area contributed by atoms with Crippen LogP contribution in [-0.4, -0.2) is 21.8 Å². The number of aromatic nitrogens is 3. The molecule has 0 unspecified atom stereocenters. The van der Waals surface area contributed by atoms with Gasteiger partial charge in [-0.3, -0.25) is 5.10 Å². The van der Waals surface area contributed by atoms with Crippen molar-refractivity contribution in [3.05, 3.63) is 42.0 Å². The van der Waals surface area contributed by atoms with E-state index in [2.05, 4.69) is 39.6 Å². The Kier molecular flexibility index (Phi) is 4.30. The lowest BCUT2D eigenvalue weighted by molar-refractivity contribution is 0.340. The summed E-state index contributed by atoms with van der Waals surface area (Å²) < 4.78 is 5.40. The molecule has 1 aromatic carbocycles. The molecule has 0 fully saturated rings. The van der Waals surface area contributed by atoms with Crippen LogP contribution in [0.5, 0.6) is 5.75 Å². The highest BCUT2D eigenvalue weighted by molar-refractivity contribution is 5.27. The van der Waals surface area contributed by atoms with Crippen LogP contribution in [0.2, 0.25) is 0 Å². The maximum Gasteiger partial charge on any atom is 0.141 e. The first kappa shape index (κ1) is 12.6. The Morgan fingerprint density at radius 1 is 1.33 bits per heavy atom. The third kappa shape index (κ3) is 3.30. The Morgan fingerprint density at radius 3 is 2.72 bits per heavy atom. The number of rotatable bonds is 6. The second-order valence-electron chi connectivity index (χ2n) is 4.05. The average molecular weight is 246 g/mol. The van der Waals surface area contributed by atoms with Crippen molar-refractivity contribution in [1.82, 2.24) is 20.5 Å². The van der Waals surface area contributed by atoms with Crippen LogP contribution in [0.1, 0.15) is 31.3 Å². The summed E-state index contributed by atoms with van der Waals surface area (Å²) in [6.45, 7) is 5.51. The fourth-order valence-corrected chi connectivity index (χ4v) is 1.66. The van der Waals surface area contributed by atoms with Gasteiger partial charge in [0, 0.05) is 6.54 Å². The van der Waals surface area contributed by atoms with Crippen LogP contribution < -0.4 is 10.1 Å². The molecule has 1 heterocycles. The molecular formula is C13H18N4O. The van der Waals surface area contributed by atoms with Gasteiger partial charge in [0.05, 0.1) is 12.6 Å². The van der Waals surface area contributed by atoms with Gasteiger partial charge in [-0.05, 0) is 31.5 Å². The topological polar surface area (TPSA) is 62.8 Å². The number of H-pyrrole nitrogens is 1. The maximum absolute atomic E-state index is 5.40. The van der Waals surface area contributed by atoms with Crippen LogP contribution in [0.15, 0.2) is 30.6 Å². The van der Waals surface area contributed by atoms with Gasteiger partial charge in [-0.15, -0.1) is 0 Å². The number of nitrogens with zero attached hydrogens (tertiary/aromatic N) is 2. The normalized spacial score (nSPS) is 12.3. The van der Waals surface area contributed by atoms with Gasteiger partial charge in [0.15, 0.2) is 0 Å². The quantitative estimate of drug-likeness (QED) is 0.819. The van der Waals surface area contributed by atoms with E-state index in [1.54, 1.807) is 0 Å². The Morgan fingerprint density at radius 2 is 2.11 bits per heavy atom. The molecule has 0 aliphatic rings. The second kappa shape index (κ2) is 6.16. The molecule has 0 spiro atoms. The van der Waals surface area contributed by atoms with E-state index >= 15 is 0 Å². The SMILES string of the molecule is CCOc1ccc(CN[C@@H](C)c2ncn[nH]2)cc1. The van der Waals surface area contributed by atoms with Gasteiger partial charge in [0.25, 0.3) is 0 Å². The average Bonchev–Trinajstić information content (AvgIpc) is 2.92. The molecule has 0 aliphatic carbocycles. The first-order chi connectivity index (χ1) is 8.79. The van der Waals surface area contributed by atoms with Gasteiger partial charge in [-0.2, -0.15) is 5.10 Å². The predicted octanol–water partition coefficient (Wildman–Crippen LogP) is 2.05. The third-order valence-corrected chi connectivity index (χ3v) is 2.69. The number of benzene rings is 1. The molecule has 0 amide bonds. The van der Waals surface area contributed by atoms with E-state index in [9.17, 15) is 0 Å². The van der Waals surface area contributed by atoms with Crippen LogP contribution in [0, 0.1) is 0 Å². The van der Waals surface area contributed by atoms with E-state index in [4.69, 9.17) is 4.74 Å². The van der Waals surface area contributed by atoms with E-state index in [0.717, 1.165) is 18.1 Å². The second-order valence-corrected chi connectivity index (χ2v) is 4.05. The molecule has 2 N–H and O–H groups in total. The number of hydrogen-bond acceptors (Lipinski definition) is 4. The highest BCUT2D eigenvalue weighted by Gasteiger charge is 2.07. The van der Waals surface area contributed by atoms with Gasteiger partial charge in [-0.25, -0.2) is 4.98 Å². The van der Waals surface area contributed by atoms with Crippen molar-refractivity contribution < 1.29 is 4.74 Å². The molecular weight excluding hydrogens is 228 g/mol. The van der Waals surface area contributed by atoms with Gasteiger partial charge < -0.3 is 10.1 Å².